The lowest BCUT2D eigenvalue weighted by atomic mass is 10.2. The van der Waals surface area contributed by atoms with Gasteiger partial charge < -0.3 is 4.90 Å². The van der Waals surface area contributed by atoms with Gasteiger partial charge in [0, 0.05) is 38.6 Å². The molecular weight excluding hydrogens is 328 g/mol. The average Bonchev–Trinajstić information content (AvgIpc) is 2.62. The summed E-state index contributed by atoms with van der Waals surface area (Å²) in [5, 5.41) is 0. The fourth-order valence-electron chi connectivity index (χ4n) is 2.56. The number of hydrogen-bond donors (Lipinski definition) is 0. The van der Waals surface area contributed by atoms with E-state index >= 15 is 0 Å². The van der Waals surface area contributed by atoms with Crippen molar-refractivity contribution < 1.29 is 13.2 Å². The molecule has 2 heterocycles. The first-order valence-corrected chi connectivity index (χ1v) is 9.04. The first-order chi connectivity index (χ1) is 11.5. The highest BCUT2D eigenvalue weighted by atomic mass is 32.2. The van der Waals surface area contributed by atoms with Crippen LogP contribution in [0, 0.1) is 6.92 Å². The van der Waals surface area contributed by atoms with Crippen LogP contribution in [0.1, 0.15) is 16.1 Å². The van der Waals surface area contributed by atoms with Crippen molar-refractivity contribution in [3.05, 3.63) is 54.1 Å². The Hall–Kier alpha value is -2.32. The van der Waals surface area contributed by atoms with Crippen LogP contribution in [0.15, 0.2) is 47.8 Å². The molecule has 0 atom stereocenters. The van der Waals surface area contributed by atoms with E-state index in [-0.39, 0.29) is 29.6 Å². The van der Waals surface area contributed by atoms with E-state index < -0.39 is 10.0 Å². The van der Waals surface area contributed by atoms with Gasteiger partial charge in [0.2, 0.25) is 10.0 Å². The van der Waals surface area contributed by atoms with Crippen molar-refractivity contribution in [2.75, 3.05) is 26.2 Å². The van der Waals surface area contributed by atoms with E-state index in [0.29, 0.717) is 13.1 Å². The molecule has 1 fully saturated rings. The Morgan fingerprint density at radius 3 is 2.29 bits per heavy atom. The molecule has 8 heteroatoms. The second-order valence-electron chi connectivity index (χ2n) is 5.60. The molecule has 0 saturated carbocycles. The van der Waals surface area contributed by atoms with Crippen molar-refractivity contribution in [3.8, 4) is 0 Å². The number of amides is 1. The first kappa shape index (κ1) is 16.5. The standard InChI is InChI=1S/C16H18N4O3S/c1-13-2-4-14(5-3-13)24(22,23)20-10-8-19(9-11-20)16(21)15-12-17-6-7-18-15/h2-7,12H,8-11H2,1H3. The quantitative estimate of drug-likeness (QED) is 0.826. The van der Waals surface area contributed by atoms with E-state index in [4.69, 9.17) is 0 Å². The maximum Gasteiger partial charge on any atom is 0.274 e. The lowest BCUT2D eigenvalue weighted by Crippen LogP contribution is -2.50. The minimum Gasteiger partial charge on any atom is -0.335 e. The Kier molecular flexibility index (Phi) is 4.59. The average molecular weight is 346 g/mol. The van der Waals surface area contributed by atoms with E-state index in [1.54, 1.807) is 29.2 Å². The van der Waals surface area contributed by atoms with E-state index in [0.717, 1.165) is 5.56 Å². The summed E-state index contributed by atoms with van der Waals surface area (Å²) < 4.78 is 26.7. The van der Waals surface area contributed by atoms with Gasteiger partial charge in [0.1, 0.15) is 5.69 Å². The predicted molar refractivity (Wildman–Crippen MR) is 87.9 cm³/mol. The molecular formula is C16H18N4O3S. The number of hydrogen-bond acceptors (Lipinski definition) is 5. The number of aromatic nitrogens is 2. The van der Waals surface area contributed by atoms with Crippen LogP contribution in [0.3, 0.4) is 0 Å². The van der Waals surface area contributed by atoms with Crippen LogP contribution in [-0.2, 0) is 10.0 Å². The van der Waals surface area contributed by atoms with E-state index in [2.05, 4.69) is 9.97 Å². The highest BCUT2D eigenvalue weighted by Gasteiger charge is 2.30. The minimum absolute atomic E-state index is 0.226. The molecule has 7 nitrogen and oxygen atoms in total. The van der Waals surface area contributed by atoms with Gasteiger partial charge in [-0.15, -0.1) is 0 Å². The SMILES string of the molecule is Cc1ccc(S(=O)(=O)N2CCN(C(=O)c3cnccn3)CC2)cc1. The van der Waals surface area contributed by atoms with Crippen LogP contribution < -0.4 is 0 Å². The second-order valence-corrected chi connectivity index (χ2v) is 7.54. The van der Waals surface area contributed by atoms with Crippen LogP contribution in [0.25, 0.3) is 0 Å². The number of nitrogens with zero attached hydrogens (tertiary/aromatic N) is 4. The third-order valence-electron chi connectivity index (χ3n) is 3.97. The van der Waals surface area contributed by atoms with Crippen LogP contribution in [-0.4, -0.2) is 59.7 Å². The zero-order valence-electron chi connectivity index (χ0n) is 13.3. The highest BCUT2D eigenvalue weighted by Crippen LogP contribution is 2.18. The van der Waals surface area contributed by atoms with Crippen LogP contribution in [0.5, 0.6) is 0 Å². The van der Waals surface area contributed by atoms with Crippen LogP contribution in [0.2, 0.25) is 0 Å². The summed E-state index contributed by atoms with van der Waals surface area (Å²) in [6, 6.07) is 6.78. The van der Waals surface area contributed by atoms with Crippen molar-refractivity contribution in [1.82, 2.24) is 19.2 Å². The molecule has 0 spiro atoms. The Balaban J connectivity index is 1.68. The molecule has 0 unspecified atom stereocenters. The van der Waals surface area contributed by atoms with Crippen LogP contribution in [0.4, 0.5) is 0 Å². The van der Waals surface area contributed by atoms with Crippen molar-refractivity contribution in [2.24, 2.45) is 0 Å². The molecule has 24 heavy (non-hydrogen) atoms. The van der Waals surface area contributed by atoms with Gasteiger partial charge in [0.05, 0.1) is 11.1 Å². The molecule has 0 N–H and O–H groups in total. The molecule has 2 aromatic rings. The molecule has 1 aliphatic rings. The normalized spacial score (nSPS) is 16.1. The Labute approximate surface area is 141 Å². The maximum atomic E-state index is 12.6. The van der Waals surface area contributed by atoms with E-state index in [1.807, 2.05) is 6.92 Å². The van der Waals surface area contributed by atoms with Gasteiger partial charge in [0.15, 0.2) is 0 Å². The van der Waals surface area contributed by atoms with E-state index in [9.17, 15) is 13.2 Å². The predicted octanol–water partition coefficient (Wildman–Crippen LogP) is 0.932. The summed E-state index contributed by atoms with van der Waals surface area (Å²) in [5.41, 5.74) is 1.28. The van der Waals surface area contributed by atoms with E-state index in [1.165, 1.54) is 22.9 Å². The Morgan fingerprint density at radius 2 is 1.71 bits per heavy atom. The number of piperazine rings is 1. The van der Waals surface area contributed by atoms with Gasteiger partial charge >= 0.3 is 0 Å². The summed E-state index contributed by atoms with van der Waals surface area (Å²) in [6.45, 7) is 3.11. The second kappa shape index (κ2) is 6.66. The zero-order valence-corrected chi connectivity index (χ0v) is 14.1. The number of benzene rings is 1. The van der Waals surface area contributed by atoms with Crippen molar-refractivity contribution >= 4 is 15.9 Å². The molecule has 1 aromatic heterocycles. The summed E-state index contributed by atoms with van der Waals surface area (Å²) in [6.07, 6.45) is 4.38. The molecule has 1 saturated heterocycles. The third kappa shape index (κ3) is 3.29. The molecule has 1 amide bonds. The maximum absolute atomic E-state index is 12.6. The number of carbonyl (C=O) groups is 1. The molecule has 0 bridgehead atoms. The summed E-state index contributed by atoms with van der Waals surface area (Å²) in [5.74, 6) is -0.226. The third-order valence-corrected chi connectivity index (χ3v) is 5.88. The van der Waals surface area contributed by atoms with Gasteiger partial charge in [-0.3, -0.25) is 9.78 Å². The van der Waals surface area contributed by atoms with Crippen molar-refractivity contribution in [2.45, 2.75) is 11.8 Å². The minimum atomic E-state index is -3.53. The highest BCUT2D eigenvalue weighted by molar-refractivity contribution is 7.89. The summed E-state index contributed by atoms with van der Waals surface area (Å²) in [7, 11) is -3.53. The molecule has 1 aliphatic heterocycles. The molecule has 0 radical (unpaired) electrons. The first-order valence-electron chi connectivity index (χ1n) is 7.60. The Morgan fingerprint density at radius 1 is 1.04 bits per heavy atom. The zero-order chi connectivity index (χ0) is 17.2. The number of aryl methyl sites for hydroxylation is 1. The van der Waals surface area contributed by atoms with Crippen molar-refractivity contribution in [3.63, 3.8) is 0 Å². The number of carbonyl (C=O) groups excluding carboxylic acids is 1. The molecule has 3 rings (SSSR count). The molecule has 0 aliphatic carbocycles. The largest absolute Gasteiger partial charge is 0.335 e. The molecule has 1 aromatic carbocycles. The number of sulfonamides is 1. The van der Waals surface area contributed by atoms with Crippen molar-refractivity contribution in [1.29, 1.82) is 0 Å². The molecule has 126 valence electrons. The topological polar surface area (TPSA) is 83.5 Å². The fourth-order valence-corrected chi connectivity index (χ4v) is 3.98. The van der Waals surface area contributed by atoms with Gasteiger partial charge in [-0.2, -0.15) is 4.31 Å². The summed E-state index contributed by atoms with van der Waals surface area (Å²) in [4.78, 5) is 22.1. The fraction of sp³-hybridized carbons (Fsp3) is 0.312. The smallest absolute Gasteiger partial charge is 0.274 e. The summed E-state index contributed by atoms with van der Waals surface area (Å²) >= 11 is 0. The van der Waals surface area contributed by atoms with Gasteiger partial charge in [0.25, 0.3) is 5.91 Å². The lowest BCUT2D eigenvalue weighted by molar-refractivity contribution is 0.0691. The monoisotopic (exact) mass is 346 g/mol. The van der Waals surface area contributed by atoms with Crippen LogP contribution >= 0.6 is 0 Å². The number of rotatable bonds is 3. The Bertz CT molecular complexity index is 814. The lowest BCUT2D eigenvalue weighted by Gasteiger charge is -2.33. The van der Waals surface area contributed by atoms with Gasteiger partial charge in [-0.05, 0) is 19.1 Å². The van der Waals surface area contributed by atoms with Gasteiger partial charge in [-0.1, -0.05) is 17.7 Å². The van der Waals surface area contributed by atoms with Gasteiger partial charge in [-0.25, -0.2) is 13.4 Å².